The molecule has 4 rings (SSSR count). The predicted octanol–water partition coefficient (Wildman–Crippen LogP) is 2.95. The monoisotopic (exact) mass is 286 g/mol. The van der Waals surface area contributed by atoms with E-state index in [1.807, 2.05) is 0 Å². The topological polar surface area (TPSA) is 45.3 Å². The summed E-state index contributed by atoms with van der Waals surface area (Å²) in [6.07, 6.45) is 4.09. The number of nitrogens with zero attached hydrogens (tertiary/aromatic N) is 1. The van der Waals surface area contributed by atoms with Crippen molar-refractivity contribution >= 4 is 16.9 Å². The fourth-order valence-corrected chi connectivity index (χ4v) is 3.77. The van der Waals surface area contributed by atoms with Crippen molar-refractivity contribution in [3.8, 4) is 0 Å². The van der Waals surface area contributed by atoms with Crippen LogP contribution in [0.15, 0.2) is 30.4 Å². The van der Waals surface area contributed by atoms with Gasteiger partial charge in [-0.3, -0.25) is 0 Å². The van der Waals surface area contributed by atoms with Gasteiger partial charge in [-0.05, 0) is 26.0 Å². The summed E-state index contributed by atoms with van der Waals surface area (Å²) in [5.74, 6) is -0.444. The summed E-state index contributed by atoms with van der Waals surface area (Å²) in [7, 11) is 2.15. The Bertz CT molecular complexity index is 759. The van der Waals surface area contributed by atoms with Gasteiger partial charge in [-0.1, -0.05) is 18.2 Å². The van der Waals surface area contributed by atoms with Crippen LogP contribution in [0.5, 0.6) is 0 Å². The van der Waals surface area contributed by atoms with Crippen molar-refractivity contribution < 1.29 is 12.3 Å². The number of para-hydroxylation sites is 1. The van der Waals surface area contributed by atoms with Crippen molar-refractivity contribution in [2.75, 3.05) is 7.05 Å². The van der Waals surface area contributed by atoms with E-state index in [1.165, 1.54) is 12.8 Å². The molecule has 2 unspecified atom stereocenters. The minimum atomic E-state index is -0.444. The summed E-state index contributed by atoms with van der Waals surface area (Å²) in [5.41, 5.74) is 0.946. The van der Waals surface area contributed by atoms with Crippen LogP contribution in [0.1, 0.15) is 38.8 Å². The number of aromatic nitrogens is 1. The highest BCUT2D eigenvalue weighted by atomic mass is 16.5. The van der Waals surface area contributed by atoms with E-state index >= 15 is 0 Å². The number of hydrogen-bond donors (Lipinski definition) is 1. The molecule has 110 valence electrons. The highest BCUT2D eigenvalue weighted by Gasteiger charge is 2.40. The molecule has 1 aromatic carbocycles. The lowest BCUT2D eigenvalue weighted by Crippen LogP contribution is -2.43. The normalized spacial score (nSPS) is 30.2. The number of carbonyl (C=O) groups is 1. The van der Waals surface area contributed by atoms with Crippen LogP contribution >= 0.6 is 0 Å². The average Bonchev–Trinajstić information content (AvgIpc) is 2.90. The first kappa shape index (κ1) is 10.9. The highest BCUT2D eigenvalue weighted by Crippen LogP contribution is 2.35. The maximum Gasteiger partial charge on any atom is 0.340 e. The molecule has 0 saturated carbocycles. The Morgan fingerprint density at radius 3 is 2.90 bits per heavy atom. The van der Waals surface area contributed by atoms with Crippen LogP contribution in [-0.4, -0.2) is 41.1 Å². The Labute approximate surface area is 126 Å². The van der Waals surface area contributed by atoms with Gasteiger partial charge >= 0.3 is 5.97 Å². The van der Waals surface area contributed by atoms with Crippen LogP contribution in [0.2, 0.25) is 0 Å². The molecule has 1 N–H and O–H groups in total. The molecule has 3 atom stereocenters. The number of nitrogens with one attached hydrogen (secondary N) is 1. The first-order chi connectivity index (χ1) is 11.0. The molecule has 3 heterocycles. The van der Waals surface area contributed by atoms with E-state index in [-0.39, 0.29) is 17.8 Å². The molecule has 2 aliphatic heterocycles. The van der Waals surface area contributed by atoms with Crippen LogP contribution in [0.4, 0.5) is 0 Å². The Morgan fingerprint density at radius 1 is 1.38 bits per heavy atom. The number of aromatic amines is 1. The van der Waals surface area contributed by atoms with E-state index < -0.39 is 5.97 Å². The van der Waals surface area contributed by atoms with Gasteiger partial charge < -0.3 is 14.6 Å². The fraction of sp³-hybridized carbons (Fsp3) is 0.471. The Hall–Kier alpha value is -1.81. The number of rotatable bonds is 2. The molecule has 4 heteroatoms. The smallest absolute Gasteiger partial charge is 0.340 e. The van der Waals surface area contributed by atoms with E-state index in [2.05, 4.69) is 16.9 Å². The van der Waals surface area contributed by atoms with Crippen LogP contribution in [0.3, 0.4) is 0 Å². The molecule has 4 nitrogen and oxygen atoms in total. The maximum absolute atomic E-state index is 12.6. The number of piperidine rings is 1. The van der Waals surface area contributed by atoms with Crippen molar-refractivity contribution in [2.45, 2.75) is 43.9 Å². The van der Waals surface area contributed by atoms with Gasteiger partial charge in [0.05, 0.1) is 8.30 Å². The lowest BCUT2D eigenvalue weighted by Gasteiger charge is -2.35. The molecule has 2 aromatic rings. The first-order valence-corrected chi connectivity index (χ1v) is 7.55. The van der Waals surface area contributed by atoms with Gasteiger partial charge in [-0.15, -0.1) is 0 Å². The van der Waals surface area contributed by atoms with Crippen molar-refractivity contribution in [2.24, 2.45) is 0 Å². The van der Waals surface area contributed by atoms with Gasteiger partial charge in [0.15, 0.2) is 0 Å². The van der Waals surface area contributed by atoms with E-state index in [0.717, 1.165) is 12.8 Å². The predicted molar refractivity (Wildman–Crippen MR) is 81.3 cm³/mol. The number of ether oxygens (including phenoxy) is 1. The van der Waals surface area contributed by atoms with Crippen LogP contribution < -0.4 is 0 Å². The summed E-state index contributed by atoms with van der Waals surface area (Å²) in [4.78, 5) is 17.9. The second-order valence-corrected chi connectivity index (χ2v) is 6.15. The number of benzene rings is 1. The zero-order valence-electron chi connectivity index (χ0n) is 14.1. The van der Waals surface area contributed by atoms with Crippen molar-refractivity contribution in [3.63, 3.8) is 0 Å². The largest absolute Gasteiger partial charge is 0.459 e. The fourth-order valence-electron chi connectivity index (χ4n) is 3.77. The summed E-state index contributed by atoms with van der Waals surface area (Å²) in [5, 5.41) is 0.600. The number of carbonyl (C=O) groups excluding carboxylic acids is 1. The Balaban J connectivity index is 1.58. The molecule has 1 aromatic heterocycles. The van der Waals surface area contributed by atoms with Gasteiger partial charge in [0.25, 0.3) is 0 Å². The highest BCUT2D eigenvalue weighted by molar-refractivity contribution is 6.04. The van der Waals surface area contributed by atoms with E-state index in [0.29, 0.717) is 29.0 Å². The summed E-state index contributed by atoms with van der Waals surface area (Å²) < 4.78 is 21.5. The zero-order valence-corrected chi connectivity index (χ0v) is 12.1. The van der Waals surface area contributed by atoms with Crippen LogP contribution in [0.25, 0.3) is 10.9 Å². The molecule has 0 aliphatic carbocycles. The quantitative estimate of drug-likeness (QED) is 0.863. The van der Waals surface area contributed by atoms with Crippen molar-refractivity contribution in [1.29, 1.82) is 0 Å². The lowest BCUT2D eigenvalue weighted by molar-refractivity contribution is -0.000258. The first-order valence-electron chi connectivity index (χ1n) is 8.55. The minimum Gasteiger partial charge on any atom is -0.459 e. The molecular weight excluding hydrogens is 264 g/mol. The molecule has 21 heavy (non-hydrogen) atoms. The van der Waals surface area contributed by atoms with E-state index in [1.54, 1.807) is 18.2 Å². The zero-order chi connectivity index (χ0) is 16.1. The summed E-state index contributed by atoms with van der Waals surface area (Å²) in [6.45, 7) is 0. The van der Waals surface area contributed by atoms with Gasteiger partial charge in [0, 0.05) is 42.0 Å². The summed E-state index contributed by atoms with van der Waals surface area (Å²) >= 11 is 0. The Morgan fingerprint density at radius 2 is 2.14 bits per heavy atom. The van der Waals surface area contributed by atoms with Gasteiger partial charge in [0.2, 0.25) is 0 Å². The lowest BCUT2D eigenvalue weighted by atomic mass is 10.0. The average molecular weight is 286 g/mol. The molecule has 2 bridgehead atoms. The van der Waals surface area contributed by atoms with Crippen LogP contribution in [-0.2, 0) is 4.74 Å². The molecule has 2 aliphatic rings. The van der Waals surface area contributed by atoms with Gasteiger partial charge in [0.1, 0.15) is 6.10 Å². The van der Waals surface area contributed by atoms with Gasteiger partial charge in [-0.25, -0.2) is 4.79 Å². The van der Waals surface area contributed by atoms with Crippen molar-refractivity contribution in [3.05, 3.63) is 36.0 Å². The van der Waals surface area contributed by atoms with Crippen molar-refractivity contribution in [1.82, 2.24) is 9.88 Å². The third kappa shape index (κ3) is 2.14. The molecule has 0 radical (unpaired) electrons. The minimum absolute atomic E-state index is 0.0616. The number of H-pyrrole nitrogens is 1. The van der Waals surface area contributed by atoms with E-state index in [4.69, 9.17) is 7.48 Å². The van der Waals surface area contributed by atoms with Crippen LogP contribution in [0, 0.1) is 0 Å². The molecule has 2 fully saturated rings. The SMILES string of the molecule is [2H]c1ccc2[nH]c([2H])c(C(=O)OC3CC4CC[C@H](C3)N4C)c2c1. The standard InChI is InChI=1S/C17H20N2O2/c1-19-11-6-7-12(19)9-13(8-11)21-17(20)15-10-18-16-5-3-2-4-14(15)16/h2-5,10-13,18H,6-9H2,1H3/t11-,12?,13?/m1/s1/i2D,10D. The number of esters is 1. The second kappa shape index (κ2) is 4.88. The van der Waals surface area contributed by atoms with Gasteiger partial charge in [-0.2, -0.15) is 0 Å². The molecule has 0 spiro atoms. The summed E-state index contributed by atoms with van der Waals surface area (Å²) in [6, 6.07) is 6.31. The number of fused-ring (bicyclic) bond motifs is 3. The third-order valence-electron chi connectivity index (χ3n) is 4.99. The molecule has 0 amide bonds. The second-order valence-electron chi connectivity index (χ2n) is 6.15. The molecular formula is C17H20N2O2. The maximum atomic E-state index is 12.6. The Kier molecular flexibility index (Phi) is 2.52. The third-order valence-corrected chi connectivity index (χ3v) is 4.99. The van der Waals surface area contributed by atoms with E-state index in [9.17, 15) is 4.79 Å². The molecule has 2 saturated heterocycles. The number of hydrogen-bond acceptors (Lipinski definition) is 3.